The maximum absolute atomic E-state index is 12.4. The Hall–Kier alpha value is -3.84. The van der Waals surface area contributed by atoms with Crippen molar-refractivity contribution in [3.63, 3.8) is 0 Å². The molecule has 7 nitrogen and oxygen atoms in total. The smallest absolute Gasteiger partial charge is 0.251 e. The molecule has 7 heteroatoms. The number of ether oxygens (including phenoxy) is 2. The molecule has 1 heterocycles. The standard InChI is InChI=1S/C27H29N3O4/c31-26(18-28-23-8-4-9-24(16-23)34-19-20-6-2-1-3-7-20)30-22-13-11-21(12-14-22)27(32)29-17-25-10-5-15-33-25/h1-4,6-9,11-14,16,25,28H,5,10,15,17-19H2,(H,29,32)(H,30,31). The van der Waals surface area contributed by atoms with E-state index in [1.165, 1.54) is 0 Å². The van der Waals surface area contributed by atoms with Gasteiger partial charge in [-0.15, -0.1) is 0 Å². The van der Waals surface area contributed by atoms with Crippen LogP contribution >= 0.6 is 0 Å². The topological polar surface area (TPSA) is 88.7 Å². The molecule has 0 spiro atoms. The molecule has 0 aromatic heterocycles. The number of carbonyl (C=O) groups is 2. The van der Waals surface area contributed by atoms with E-state index < -0.39 is 0 Å². The van der Waals surface area contributed by atoms with Crippen molar-refractivity contribution in [2.75, 3.05) is 30.3 Å². The van der Waals surface area contributed by atoms with Gasteiger partial charge in [-0.05, 0) is 54.8 Å². The van der Waals surface area contributed by atoms with Crippen LogP contribution in [-0.4, -0.2) is 37.6 Å². The number of hydrogen-bond donors (Lipinski definition) is 3. The van der Waals surface area contributed by atoms with Crippen molar-refractivity contribution in [2.24, 2.45) is 0 Å². The fraction of sp³-hybridized carbons (Fsp3) is 0.259. The molecule has 1 atom stereocenters. The van der Waals surface area contributed by atoms with E-state index >= 15 is 0 Å². The fourth-order valence-electron chi connectivity index (χ4n) is 3.64. The maximum Gasteiger partial charge on any atom is 0.251 e. The van der Waals surface area contributed by atoms with Crippen LogP contribution < -0.4 is 20.7 Å². The first-order valence-electron chi connectivity index (χ1n) is 11.5. The van der Waals surface area contributed by atoms with Crippen LogP contribution in [0.1, 0.15) is 28.8 Å². The number of hydrogen-bond acceptors (Lipinski definition) is 5. The number of rotatable bonds is 10. The quantitative estimate of drug-likeness (QED) is 0.422. The van der Waals surface area contributed by atoms with Crippen molar-refractivity contribution < 1.29 is 19.1 Å². The van der Waals surface area contributed by atoms with Gasteiger partial charge in [0.2, 0.25) is 5.91 Å². The summed E-state index contributed by atoms with van der Waals surface area (Å²) in [6, 6.07) is 24.3. The molecule has 1 unspecified atom stereocenters. The summed E-state index contributed by atoms with van der Waals surface area (Å²) in [5.41, 5.74) is 3.05. The molecule has 3 aromatic carbocycles. The summed E-state index contributed by atoms with van der Waals surface area (Å²) >= 11 is 0. The van der Waals surface area contributed by atoms with Crippen LogP contribution in [0.25, 0.3) is 0 Å². The minimum absolute atomic E-state index is 0.103. The van der Waals surface area contributed by atoms with Gasteiger partial charge in [0.25, 0.3) is 5.91 Å². The SMILES string of the molecule is O=C(CNc1cccc(OCc2ccccc2)c1)Nc1ccc(C(=O)NCC2CCCO2)cc1. The summed E-state index contributed by atoms with van der Waals surface area (Å²) in [4.78, 5) is 24.6. The molecule has 34 heavy (non-hydrogen) atoms. The molecule has 1 saturated heterocycles. The molecule has 3 aromatic rings. The number of amides is 2. The van der Waals surface area contributed by atoms with Crippen LogP contribution in [0.4, 0.5) is 11.4 Å². The molecule has 1 aliphatic rings. The van der Waals surface area contributed by atoms with Crippen LogP contribution in [0.5, 0.6) is 5.75 Å². The Kier molecular flexibility index (Phi) is 8.13. The molecule has 176 valence electrons. The van der Waals surface area contributed by atoms with Gasteiger partial charge >= 0.3 is 0 Å². The minimum atomic E-state index is -0.189. The molecule has 0 aliphatic carbocycles. The van der Waals surface area contributed by atoms with Gasteiger partial charge in [-0.1, -0.05) is 36.4 Å². The van der Waals surface area contributed by atoms with Crippen LogP contribution in [0, 0.1) is 0 Å². The van der Waals surface area contributed by atoms with E-state index in [1.54, 1.807) is 24.3 Å². The molecule has 1 fully saturated rings. The van der Waals surface area contributed by atoms with Gasteiger partial charge in [0, 0.05) is 36.2 Å². The largest absolute Gasteiger partial charge is 0.489 e. The van der Waals surface area contributed by atoms with Crippen LogP contribution in [0.3, 0.4) is 0 Å². The normalized spacial score (nSPS) is 14.9. The van der Waals surface area contributed by atoms with E-state index in [9.17, 15) is 9.59 Å². The van der Waals surface area contributed by atoms with Crippen molar-refractivity contribution in [3.8, 4) is 5.75 Å². The third-order valence-electron chi connectivity index (χ3n) is 5.48. The van der Waals surface area contributed by atoms with Gasteiger partial charge in [-0.25, -0.2) is 0 Å². The van der Waals surface area contributed by atoms with E-state index in [4.69, 9.17) is 9.47 Å². The van der Waals surface area contributed by atoms with E-state index in [1.807, 2.05) is 54.6 Å². The first-order valence-corrected chi connectivity index (χ1v) is 11.5. The minimum Gasteiger partial charge on any atom is -0.489 e. The Morgan fingerprint density at radius 2 is 1.76 bits per heavy atom. The highest BCUT2D eigenvalue weighted by atomic mass is 16.5. The Labute approximate surface area is 199 Å². The summed E-state index contributed by atoms with van der Waals surface area (Å²) in [5, 5.41) is 8.83. The Bertz CT molecular complexity index is 1080. The highest BCUT2D eigenvalue weighted by Gasteiger charge is 2.16. The summed E-state index contributed by atoms with van der Waals surface area (Å²) in [5.74, 6) is 0.387. The Balaban J connectivity index is 1.21. The van der Waals surface area contributed by atoms with E-state index in [2.05, 4.69) is 16.0 Å². The molecule has 0 bridgehead atoms. The number of carbonyl (C=O) groups excluding carboxylic acids is 2. The lowest BCUT2D eigenvalue weighted by Gasteiger charge is -2.12. The highest BCUT2D eigenvalue weighted by molar-refractivity contribution is 5.96. The van der Waals surface area contributed by atoms with E-state index in [-0.39, 0.29) is 24.5 Å². The maximum atomic E-state index is 12.4. The second kappa shape index (κ2) is 11.9. The van der Waals surface area contributed by atoms with Gasteiger partial charge < -0.3 is 25.4 Å². The predicted molar refractivity (Wildman–Crippen MR) is 132 cm³/mol. The zero-order valence-electron chi connectivity index (χ0n) is 19.0. The van der Waals surface area contributed by atoms with Crippen molar-refractivity contribution in [2.45, 2.75) is 25.6 Å². The van der Waals surface area contributed by atoms with E-state index in [0.29, 0.717) is 24.4 Å². The predicted octanol–water partition coefficient (Wildman–Crippen LogP) is 4.23. The zero-order valence-corrected chi connectivity index (χ0v) is 19.0. The number of benzene rings is 3. The van der Waals surface area contributed by atoms with Crippen LogP contribution in [0.15, 0.2) is 78.9 Å². The number of anilines is 2. The monoisotopic (exact) mass is 459 g/mol. The number of nitrogens with one attached hydrogen (secondary N) is 3. The lowest BCUT2D eigenvalue weighted by atomic mass is 10.2. The van der Waals surface area contributed by atoms with E-state index in [0.717, 1.165) is 36.4 Å². The zero-order chi connectivity index (χ0) is 23.6. The third-order valence-corrected chi connectivity index (χ3v) is 5.48. The van der Waals surface area contributed by atoms with Gasteiger partial charge in [-0.3, -0.25) is 9.59 Å². The lowest BCUT2D eigenvalue weighted by Crippen LogP contribution is -2.31. The van der Waals surface area contributed by atoms with Crippen LogP contribution in [0.2, 0.25) is 0 Å². The third kappa shape index (κ3) is 7.08. The molecule has 3 N–H and O–H groups in total. The average molecular weight is 460 g/mol. The molecule has 0 radical (unpaired) electrons. The van der Waals surface area contributed by atoms with Crippen molar-refractivity contribution in [3.05, 3.63) is 90.0 Å². The Morgan fingerprint density at radius 1 is 0.941 bits per heavy atom. The van der Waals surface area contributed by atoms with Gasteiger partial charge in [0.15, 0.2) is 0 Å². The molecule has 0 saturated carbocycles. The average Bonchev–Trinajstić information content (AvgIpc) is 3.40. The van der Waals surface area contributed by atoms with Crippen LogP contribution in [-0.2, 0) is 16.1 Å². The van der Waals surface area contributed by atoms with Gasteiger partial charge in [0.05, 0.1) is 12.6 Å². The molecular formula is C27H29N3O4. The summed E-state index contributed by atoms with van der Waals surface area (Å²) in [7, 11) is 0. The second-order valence-electron chi connectivity index (χ2n) is 8.13. The summed E-state index contributed by atoms with van der Waals surface area (Å²) in [6.07, 6.45) is 2.12. The van der Waals surface area contributed by atoms with Gasteiger partial charge in [0.1, 0.15) is 12.4 Å². The molecular weight excluding hydrogens is 430 g/mol. The summed E-state index contributed by atoms with van der Waals surface area (Å²) in [6.45, 7) is 1.86. The van der Waals surface area contributed by atoms with Crippen molar-refractivity contribution in [1.29, 1.82) is 0 Å². The lowest BCUT2D eigenvalue weighted by molar-refractivity contribution is -0.114. The van der Waals surface area contributed by atoms with Crippen molar-refractivity contribution >= 4 is 23.2 Å². The summed E-state index contributed by atoms with van der Waals surface area (Å²) < 4.78 is 11.4. The fourth-order valence-corrected chi connectivity index (χ4v) is 3.64. The first kappa shape index (κ1) is 23.3. The molecule has 4 rings (SSSR count). The first-order chi connectivity index (χ1) is 16.7. The van der Waals surface area contributed by atoms with Crippen molar-refractivity contribution in [1.82, 2.24) is 5.32 Å². The molecule has 2 amide bonds. The molecule has 1 aliphatic heterocycles. The van der Waals surface area contributed by atoms with Gasteiger partial charge in [-0.2, -0.15) is 0 Å². The second-order valence-corrected chi connectivity index (χ2v) is 8.13. The highest BCUT2D eigenvalue weighted by Crippen LogP contribution is 2.19. The Morgan fingerprint density at radius 3 is 2.53 bits per heavy atom.